The quantitative estimate of drug-likeness (QED) is 0.786. The highest BCUT2D eigenvalue weighted by Gasteiger charge is 2.34. The minimum atomic E-state index is -0.900. The van der Waals surface area contributed by atoms with Crippen LogP contribution in [0.15, 0.2) is 48.5 Å². The number of imide groups is 1. The van der Waals surface area contributed by atoms with Gasteiger partial charge in [-0.1, -0.05) is 30.3 Å². The van der Waals surface area contributed by atoms with E-state index in [1.54, 1.807) is 0 Å². The number of halogens is 2. The van der Waals surface area contributed by atoms with Gasteiger partial charge >= 0.3 is 0 Å². The molecule has 2 aromatic carbocycles. The number of carbonyl (C=O) groups is 3. The third kappa shape index (κ3) is 3.77. The van der Waals surface area contributed by atoms with E-state index in [-0.39, 0.29) is 19.6 Å². The number of piperazine rings is 1. The predicted octanol–water partition coefficient (Wildman–Crippen LogP) is 2.02. The van der Waals surface area contributed by atoms with Gasteiger partial charge in [-0.05, 0) is 30.2 Å². The molecule has 0 atom stereocenters. The van der Waals surface area contributed by atoms with Crippen LogP contribution in [0.2, 0.25) is 0 Å². The number of amides is 3. The van der Waals surface area contributed by atoms with Crippen LogP contribution in [-0.4, -0.2) is 47.2 Å². The first-order valence-corrected chi connectivity index (χ1v) is 8.07. The van der Waals surface area contributed by atoms with Crippen molar-refractivity contribution in [3.8, 4) is 0 Å². The molecule has 0 aromatic heterocycles. The Morgan fingerprint density at radius 1 is 0.962 bits per heavy atom. The molecule has 0 spiro atoms. The molecule has 3 amide bonds. The summed E-state index contributed by atoms with van der Waals surface area (Å²) in [4.78, 5) is 38.9. The Morgan fingerprint density at radius 2 is 1.62 bits per heavy atom. The molecule has 0 bridgehead atoms. The van der Waals surface area contributed by atoms with Crippen molar-refractivity contribution in [3.63, 3.8) is 0 Å². The Labute approximate surface area is 148 Å². The highest BCUT2D eigenvalue weighted by Crippen LogP contribution is 2.15. The van der Waals surface area contributed by atoms with Crippen molar-refractivity contribution in [2.75, 3.05) is 19.6 Å². The van der Waals surface area contributed by atoms with Crippen molar-refractivity contribution in [3.05, 3.63) is 71.3 Å². The molecule has 1 aliphatic rings. The van der Waals surface area contributed by atoms with Crippen molar-refractivity contribution in [1.29, 1.82) is 0 Å². The predicted molar refractivity (Wildman–Crippen MR) is 89.1 cm³/mol. The first-order valence-electron chi connectivity index (χ1n) is 8.07. The first-order chi connectivity index (χ1) is 12.5. The molecule has 0 aliphatic carbocycles. The van der Waals surface area contributed by atoms with Crippen LogP contribution in [0.1, 0.15) is 15.9 Å². The topological polar surface area (TPSA) is 57.7 Å². The normalized spacial score (nSPS) is 14.7. The minimum Gasteiger partial charge on any atom is -0.320 e. The van der Waals surface area contributed by atoms with Gasteiger partial charge in [0.15, 0.2) is 0 Å². The lowest BCUT2D eigenvalue weighted by atomic mass is 10.1. The highest BCUT2D eigenvalue weighted by molar-refractivity contribution is 6.05. The van der Waals surface area contributed by atoms with E-state index in [0.717, 1.165) is 33.6 Å². The van der Waals surface area contributed by atoms with Gasteiger partial charge in [-0.25, -0.2) is 8.78 Å². The molecule has 26 heavy (non-hydrogen) atoms. The second-order valence-corrected chi connectivity index (χ2v) is 5.96. The molecule has 2 aromatic rings. The summed E-state index contributed by atoms with van der Waals surface area (Å²) < 4.78 is 27.0. The number of carbonyl (C=O) groups excluding carboxylic acids is 3. The van der Waals surface area contributed by atoms with Crippen LogP contribution in [-0.2, 0) is 16.0 Å². The molecule has 1 aliphatic heterocycles. The van der Waals surface area contributed by atoms with Gasteiger partial charge in [-0.2, -0.15) is 0 Å². The molecule has 1 saturated heterocycles. The van der Waals surface area contributed by atoms with Crippen LogP contribution in [0.5, 0.6) is 0 Å². The smallest absolute Gasteiger partial charge is 0.257 e. The maximum atomic E-state index is 13.8. The summed E-state index contributed by atoms with van der Waals surface area (Å²) in [6.07, 6.45) is 0.505. The van der Waals surface area contributed by atoms with Crippen molar-refractivity contribution in [2.45, 2.75) is 6.42 Å². The lowest BCUT2D eigenvalue weighted by Gasteiger charge is -2.32. The molecule has 5 nitrogen and oxygen atoms in total. The fourth-order valence-electron chi connectivity index (χ4n) is 2.80. The highest BCUT2D eigenvalue weighted by atomic mass is 19.1. The maximum absolute atomic E-state index is 13.8. The largest absolute Gasteiger partial charge is 0.320 e. The second-order valence-electron chi connectivity index (χ2n) is 5.96. The summed E-state index contributed by atoms with van der Waals surface area (Å²) in [5.74, 6) is -3.63. The first kappa shape index (κ1) is 17.7. The van der Waals surface area contributed by atoms with Crippen molar-refractivity contribution >= 4 is 17.7 Å². The number of benzene rings is 2. The average Bonchev–Trinajstić information content (AvgIpc) is 2.63. The molecule has 0 unspecified atom stereocenters. The van der Waals surface area contributed by atoms with Gasteiger partial charge in [0.1, 0.15) is 24.7 Å². The van der Waals surface area contributed by atoms with Crippen LogP contribution in [0.25, 0.3) is 0 Å². The minimum absolute atomic E-state index is 0.206. The van der Waals surface area contributed by atoms with Gasteiger partial charge in [-0.3, -0.25) is 19.3 Å². The van der Waals surface area contributed by atoms with E-state index in [2.05, 4.69) is 0 Å². The van der Waals surface area contributed by atoms with Crippen LogP contribution < -0.4 is 0 Å². The molecule has 134 valence electrons. The van der Waals surface area contributed by atoms with Crippen molar-refractivity contribution < 1.29 is 23.2 Å². The lowest BCUT2D eigenvalue weighted by molar-refractivity contribution is -0.150. The van der Waals surface area contributed by atoms with Crippen LogP contribution in [0.4, 0.5) is 8.78 Å². The van der Waals surface area contributed by atoms with E-state index in [4.69, 9.17) is 0 Å². The Morgan fingerprint density at radius 3 is 2.27 bits per heavy atom. The molecule has 3 rings (SSSR count). The monoisotopic (exact) mass is 358 g/mol. The second kappa shape index (κ2) is 7.43. The van der Waals surface area contributed by atoms with Crippen LogP contribution >= 0.6 is 0 Å². The van der Waals surface area contributed by atoms with E-state index in [1.165, 1.54) is 0 Å². The van der Waals surface area contributed by atoms with Crippen LogP contribution in [0, 0.1) is 11.6 Å². The van der Waals surface area contributed by atoms with E-state index in [9.17, 15) is 23.2 Å². The third-order valence-corrected chi connectivity index (χ3v) is 4.17. The summed E-state index contributed by atoms with van der Waals surface area (Å²) in [6.45, 7) is -0.497. The van der Waals surface area contributed by atoms with E-state index >= 15 is 0 Å². The molecular weight excluding hydrogens is 342 g/mol. The molecule has 1 fully saturated rings. The SMILES string of the molecule is O=C(c1cc(F)ccc1F)N1CC(=O)N(CCc2ccccc2)C(=O)C1. The molecule has 7 heteroatoms. The molecule has 0 radical (unpaired) electrons. The summed E-state index contributed by atoms with van der Waals surface area (Å²) >= 11 is 0. The standard InChI is InChI=1S/C19H16F2N2O3/c20-14-6-7-16(21)15(10-14)19(26)22-11-17(24)23(18(25)12-22)9-8-13-4-2-1-3-5-13/h1-7,10H,8-9,11-12H2. The molecule has 0 saturated carbocycles. The van der Waals surface area contributed by atoms with Crippen LogP contribution in [0.3, 0.4) is 0 Å². The fraction of sp³-hybridized carbons (Fsp3) is 0.211. The Bertz CT molecular complexity index is 837. The summed E-state index contributed by atoms with van der Waals surface area (Å²) in [6, 6.07) is 11.9. The van der Waals surface area contributed by atoms with Gasteiger partial charge in [-0.15, -0.1) is 0 Å². The van der Waals surface area contributed by atoms with Gasteiger partial charge in [0.2, 0.25) is 11.8 Å². The summed E-state index contributed by atoms with van der Waals surface area (Å²) in [5, 5.41) is 0. The van der Waals surface area contributed by atoms with E-state index in [1.807, 2.05) is 30.3 Å². The fourth-order valence-corrected chi connectivity index (χ4v) is 2.80. The summed E-state index contributed by atoms with van der Waals surface area (Å²) in [5.41, 5.74) is 0.483. The zero-order valence-electron chi connectivity index (χ0n) is 13.8. The Hall–Kier alpha value is -3.09. The van der Waals surface area contributed by atoms with Gasteiger partial charge in [0.05, 0.1) is 5.56 Å². The maximum Gasteiger partial charge on any atom is 0.257 e. The lowest BCUT2D eigenvalue weighted by Crippen LogP contribution is -2.56. The Balaban J connectivity index is 1.68. The number of nitrogens with zero attached hydrogens (tertiary/aromatic N) is 2. The zero-order chi connectivity index (χ0) is 18.7. The van der Waals surface area contributed by atoms with Gasteiger partial charge in [0.25, 0.3) is 5.91 Å². The van der Waals surface area contributed by atoms with Crippen molar-refractivity contribution in [1.82, 2.24) is 9.80 Å². The zero-order valence-corrected chi connectivity index (χ0v) is 13.8. The van der Waals surface area contributed by atoms with Gasteiger partial charge in [0, 0.05) is 6.54 Å². The number of hydrogen-bond acceptors (Lipinski definition) is 3. The number of rotatable bonds is 4. The number of hydrogen-bond donors (Lipinski definition) is 0. The van der Waals surface area contributed by atoms with Gasteiger partial charge < -0.3 is 4.90 Å². The van der Waals surface area contributed by atoms with E-state index < -0.39 is 34.9 Å². The third-order valence-electron chi connectivity index (χ3n) is 4.17. The average molecular weight is 358 g/mol. The molecular formula is C19H16F2N2O3. The Kier molecular flexibility index (Phi) is 5.06. The van der Waals surface area contributed by atoms with E-state index in [0.29, 0.717) is 6.42 Å². The molecule has 0 N–H and O–H groups in total. The molecule has 1 heterocycles. The summed E-state index contributed by atoms with van der Waals surface area (Å²) in [7, 11) is 0. The van der Waals surface area contributed by atoms with Crippen molar-refractivity contribution in [2.24, 2.45) is 0 Å².